The van der Waals surface area contributed by atoms with Crippen LogP contribution in [0.25, 0.3) is 0 Å². The van der Waals surface area contributed by atoms with Crippen molar-refractivity contribution in [2.45, 2.75) is 13.8 Å². The van der Waals surface area contributed by atoms with Crippen LogP contribution in [0.2, 0.25) is 0 Å². The number of hydrogen-bond acceptors (Lipinski definition) is 3. The first-order valence-electron chi connectivity index (χ1n) is 4.68. The van der Waals surface area contributed by atoms with E-state index in [2.05, 4.69) is 15.9 Å². The summed E-state index contributed by atoms with van der Waals surface area (Å²) in [5.74, 6) is -0.368. The molecule has 1 aromatic carbocycles. The third-order valence-electron chi connectivity index (χ3n) is 1.75. The summed E-state index contributed by atoms with van der Waals surface area (Å²) < 4.78 is 18.5. The summed E-state index contributed by atoms with van der Waals surface area (Å²) in [7, 11) is 0. The van der Waals surface area contributed by atoms with Crippen molar-refractivity contribution in [1.29, 1.82) is 0 Å². The minimum atomic E-state index is -0.671. The number of benzene rings is 1. The van der Waals surface area contributed by atoms with Gasteiger partial charge in [-0.3, -0.25) is 10.1 Å². The van der Waals surface area contributed by atoms with E-state index in [9.17, 15) is 14.5 Å². The van der Waals surface area contributed by atoms with Crippen molar-refractivity contribution in [3.05, 3.63) is 32.5 Å². The predicted molar refractivity (Wildman–Crippen MR) is 61.1 cm³/mol. The van der Waals surface area contributed by atoms with Crippen molar-refractivity contribution in [1.82, 2.24) is 0 Å². The highest BCUT2D eigenvalue weighted by Gasteiger charge is 2.20. The van der Waals surface area contributed by atoms with Crippen LogP contribution in [0.3, 0.4) is 0 Å². The van der Waals surface area contributed by atoms with Gasteiger partial charge < -0.3 is 4.74 Å². The smallest absolute Gasteiger partial charge is 0.315 e. The third kappa shape index (κ3) is 3.16. The molecule has 4 nitrogen and oxygen atoms in total. The Kier molecular flexibility index (Phi) is 4.23. The van der Waals surface area contributed by atoms with Gasteiger partial charge in [-0.15, -0.1) is 0 Å². The third-order valence-corrected chi connectivity index (χ3v) is 2.34. The van der Waals surface area contributed by atoms with Crippen LogP contribution >= 0.6 is 15.9 Å². The van der Waals surface area contributed by atoms with E-state index in [0.717, 1.165) is 12.1 Å². The summed E-state index contributed by atoms with van der Waals surface area (Å²) in [6, 6.07) is 1.99. The number of ether oxygens (including phenoxy) is 1. The summed E-state index contributed by atoms with van der Waals surface area (Å²) in [6.07, 6.45) is 0. The highest BCUT2D eigenvalue weighted by atomic mass is 79.9. The van der Waals surface area contributed by atoms with Crippen molar-refractivity contribution in [3.63, 3.8) is 0 Å². The van der Waals surface area contributed by atoms with Crippen LogP contribution in [-0.4, -0.2) is 11.5 Å². The molecule has 0 aliphatic carbocycles. The fourth-order valence-electron chi connectivity index (χ4n) is 1.08. The fraction of sp³-hybridized carbons (Fsp3) is 0.400. The predicted octanol–water partition coefficient (Wildman–Crippen LogP) is 3.53. The molecular weight excluding hydrogens is 281 g/mol. The number of rotatable bonds is 4. The van der Waals surface area contributed by atoms with Gasteiger partial charge in [0.25, 0.3) is 0 Å². The average Bonchev–Trinajstić information content (AvgIpc) is 2.14. The zero-order valence-electron chi connectivity index (χ0n) is 8.87. The molecule has 0 aliphatic heterocycles. The van der Waals surface area contributed by atoms with Gasteiger partial charge >= 0.3 is 5.69 Å². The van der Waals surface area contributed by atoms with Crippen LogP contribution in [0.15, 0.2) is 16.6 Å². The summed E-state index contributed by atoms with van der Waals surface area (Å²) in [6.45, 7) is 4.18. The van der Waals surface area contributed by atoms with E-state index in [1.54, 1.807) is 0 Å². The van der Waals surface area contributed by atoms with Gasteiger partial charge in [-0.05, 0) is 27.9 Å². The molecule has 0 radical (unpaired) electrons. The molecule has 0 atom stereocenters. The van der Waals surface area contributed by atoms with Gasteiger partial charge in [0.2, 0.25) is 5.75 Å². The van der Waals surface area contributed by atoms with Crippen LogP contribution in [0.5, 0.6) is 5.75 Å². The topological polar surface area (TPSA) is 52.4 Å². The minimum absolute atomic E-state index is 0.0695. The van der Waals surface area contributed by atoms with Gasteiger partial charge in [-0.2, -0.15) is 0 Å². The monoisotopic (exact) mass is 291 g/mol. The molecule has 0 fully saturated rings. The first-order valence-corrected chi connectivity index (χ1v) is 5.47. The van der Waals surface area contributed by atoms with Crippen molar-refractivity contribution >= 4 is 21.6 Å². The van der Waals surface area contributed by atoms with Gasteiger partial charge in [0.15, 0.2) is 0 Å². The van der Waals surface area contributed by atoms with E-state index < -0.39 is 10.7 Å². The zero-order valence-corrected chi connectivity index (χ0v) is 10.5. The molecule has 88 valence electrons. The van der Waals surface area contributed by atoms with Crippen molar-refractivity contribution in [2.24, 2.45) is 5.92 Å². The molecule has 0 aromatic heterocycles. The number of nitro groups is 1. The molecule has 0 saturated carbocycles. The number of nitrogens with zero attached hydrogens (tertiary/aromatic N) is 1. The fourth-order valence-corrected chi connectivity index (χ4v) is 1.61. The molecule has 0 spiro atoms. The first-order chi connectivity index (χ1) is 7.41. The van der Waals surface area contributed by atoms with Crippen molar-refractivity contribution in [2.75, 3.05) is 6.61 Å². The van der Waals surface area contributed by atoms with E-state index in [1.807, 2.05) is 13.8 Å². The summed E-state index contributed by atoms with van der Waals surface area (Å²) >= 11 is 3.05. The van der Waals surface area contributed by atoms with Gasteiger partial charge in [0.1, 0.15) is 5.82 Å². The Morgan fingerprint density at radius 1 is 1.56 bits per heavy atom. The van der Waals surface area contributed by atoms with Gasteiger partial charge in [-0.25, -0.2) is 4.39 Å². The zero-order chi connectivity index (χ0) is 12.3. The molecule has 0 bridgehead atoms. The number of nitro benzene ring substituents is 1. The van der Waals surface area contributed by atoms with Crippen molar-refractivity contribution in [3.8, 4) is 5.75 Å². The molecule has 16 heavy (non-hydrogen) atoms. The second kappa shape index (κ2) is 5.25. The maximum atomic E-state index is 13.0. The lowest BCUT2D eigenvalue weighted by molar-refractivity contribution is -0.386. The highest BCUT2D eigenvalue weighted by Crippen LogP contribution is 2.36. The van der Waals surface area contributed by atoms with E-state index in [0.29, 0.717) is 6.61 Å². The minimum Gasteiger partial charge on any atom is -0.486 e. The van der Waals surface area contributed by atoms with Gasteiger partial charge in [0.05, 0.1) is 22.1 Å². The standard InChI is InChI=1S/C10H11BrFNO3/c1-6(2)5-16-10-8(11)3-7(12)4-9(10)13(14)15/h3-4,6H,5H2,1-2H3. The molecule has 0 amide bonds. The molecular formula is C10H11BrFNO3. The Hall–Kier alpha value is -1.17. The lowest BCUT2D eigenvalue weighted by atomic mass is 10.2. The maximum absolute atomic E-state index is 13.0. The molecule has 0 heterocycles. The normalized spacial score (nSPS) is 10.6. The van der Waals surface area contributed by atoms with E-state index in [1.165, 1.54) is 0 Å². The molecule has 6 heteroatoms. The Labute approximate surface area is 101 Å². The molecule has 0 unspecified atom stereocenters. The van der Waals surface area contributed by atoms with E-state index >= 15 is 0 Å². The quantitative estimate of drug-likeness (QED) is 0.630. The number of hydrogen-bond donors (Lipinski definition) is 0. The molecule has 1 rings (SSSR count). The largest absolute Gasteiger partial charge is 0.486 e. The SMILES string of the molecule is CC(C)COc1c(Br)cc(F)cc1[N+](=O)[O-]. The first kappa shape index (κ1) is 12.9. The second-order valence-corrected chi connectivity index (χ2v) is 4.55. The van der Waals surface area contributed by atoms with Crippen LogP contribution in [0.1, 0.15) is 13.8 Å². The lowest BCUT2D eigenvalue weighted by Crippen LogP contribution is -2.07. The average molecular weight is 292 g/mol. The summed E-state index contributed by atoms with van der Waals surface area (Å²) in [5, 5.41) is 10.7. The Bertz CT molecular complexity index is 409. The van der Waals surface area contributed by atoms with Crippen LogP contribution in [-0.2, 0) is 0 Å². The molecule has 0 saturated heterocycles. The second-order valence-electron chi connectivity index (χ2n) is 3.70. The maximum Gasteiger partial charge on any atom is 0.315 e. The Balaban J connectivity index is 3.09. The van der Waals surface area contributed by atoms with Crippen LogP contribution in [0, 0.1) is 21.8 Å². The Morgan fingerprint density at radius 3 is 2.69 bits per heavy atom. The highest BCUT2D eigenvalue weighted by molar-refractivity contribution is 9.10. The van der Waals surface area contributed by atoms with Crippen molar-refractivity contribution < 1.29 is 14.1 Å². The Morgan fingerprint density at radius 2 is 2.19 bits per heavy atom. The van der Waals surface area contributed by atoms with Crippen LogP contribution in [0.4, 0.5) is 10.1 Å². The molecule has 0 aliphatic rings. The molecule has 1 aromatic rings. The van der Waals surface area contributed by atoms with Gasteiger partial charge in [-0.1, -0.05) is 13.8 Å². The van der Waals surface area contributed by atoms with Gasteiger partial charge in [0, 0.05) is 0 Å². The molecule has 0 N–H and O–H groups in total. The number of halogens is 2. The summed E-state index contributed by atoms with van der Waals surface area (Å²) in [4.78, 5) is 10.0. The van der Waals surface area contributed by atoms with Crippen LogP contribution < -0.4 is 4.74 Å². The van der Waals surface area contributed by atoms with E-state index in [-0.39, 0.29) is 21.8 Å². The van der Waals surface area contributed by atoms with E-state index in [4.69, 9.17) is 4.74 Å². The lowest BCUT2D eigenvalue weighted by Gasteiger charge is -2.10. The summed E-state index contributed by atoms with van der Waals surface area (Å²) in [5.41, 5.74) is -0.368.